The van der Waals surface area contributed by atoms with Crippen molar-refractivity contribution < 1.29 is 13.2 Å². The molecule has 0 radical (unpaired) electrons. The van der Waals surface area contributed by atoms with Gasteiger partial charge in [-0.1, -0.05) is 17.7 Å². The van der Waals surface area contributed by atoms with Crippen molar-refractivity contribution in [3.63, 3.8) is 0 Å². The summed E-state index contributed by atoms with van der Waals surface area (Å²) in [5.74, 6) is 0. The second-order valence-electron chi connectivity index (χ2n) is 4.60. The van der Waals surface area contributed by atoms with Crippen LogP contribution in [0.4, 0.5) is 4.79 Å². The Morgan fingerprint density at radius 2 is 1.76 bits per heavy atom. The van der Waals surface area contributed by atoms with Crippen LogP contribution in [0.25, 0.3) is 0 Å². The normalized spacial score (nSPS) is 11.1. The largest absolute Gasteiger partial charge is 0.353 e. The molecule has 0 saturated carbocycles. The second-order valence-corrected chi connectivity index (χ2v) is 6.28. The van der Waals surface area contributed by atoms with Gasteiger partial charge in [-0.25, -0.2) is 17.9 Å². The number of hydrogen-bond acceptors (Lipinski definition) is 3. The molecule has 6 nitrogen and oxygen atoms in total. The summed E-state index contributed by atoms with van der Waals surface area (Å²) in [6, 6.07) is 9.30. The first-order chi connectivity index (χ1) is 9.97. The molecule has 2 rings (SSSR count). The van der Waals surface area contributed by atoms with Crippen molar-refractivity contribution in [2.75, 3.05) is 6.54 Å². The Bertz CT molecular complexity index is 692. The van der Waals surface area contributed by atoms with Gasteiger partial charge in [-0.3, -0.25) is 0 Å². The molecule has 0 unspecified atom stereocenters. The van der Waals surface area contributed by atoms with Crippen LogP contribution < -0.4 is 10.0 Å². The number of sulfonamides is 1. The van der Waals surface area contributed by atoms with E-state index in [1.807, 2.05) is 40.7 Å². The molecule has 1 heterocycles. The summed E-state index contributed by atoms with van der Waals surface area (Å²) in [6.07, 6.45) is 3.73. The minimum atomic E-state index is -3.83. The van der Waals surface area contributed by atoms with Gasteiger partial charge in [0.05, 0.1) is 4.90 Å². The quantitative estimate of drug-likeness (QED) is 0.878. The van der Waals surface area contributed by atoms with Crippen molar-refractivity contribution in [3.8, 4) is 0 Å². The van der Waals surface area contributed by atoms with E-state index in [2.05, 4.69) is 5.32 Å². The average molecular weight is 307 g/mol. The van der Waals surface area contributed by atoms with Crippen LogP contribution in [0.2, 0.25) is 0 Å². The number of aryl methyl sites for hydroxylation is 1. The van der Waals surface area contributed by atoms with Gasteiger partial charge >= 0.3 is 6.03 Å². The number of nitrogens with zero attached hydrogens (tertiary/aromatic N) is 1. The Morgan fingerprint density at radius 1 is 1.14 bits per heavy atom. The molecule has 0 aliphatic carbocycles. The standard InChI is InChI=1S/C14H17N3O3S/c1-12-4-6-13(7-5-12)21(19,20)16-14(18)15-8-11-17-9-2-3-10-17/h2-7,9-10H,8,11H2,1H3,(H2,15,16,18). The summed E-state index contributed by atoms with van der Waals surface area (Å²) >= 11 is 0. The Labute approximate surface area is 123 Å². The average Bonchev–Trinajstić information content (AvgIpc) is 2.92. The number of aromatic nitrogens is 1. The lowest BCUT2D eigenvalue weighted by Gasteiger charge is -2.09. The van der Waals surface area contributed by atoms with Gasteiger partial charge in [0.15, 0.2) is 0 Å². The first kappa shape index (κ1) is 15.1. The van der Waals surface area contributed by atoms with Crippen molar-refractivity contribution in [1.29, 1.82) is 0 Å². The van der Waals surface area contributed by atoms with E-state index in [1.54, 1.807) is 12.1 Å². The maximum atomic E-state index is 12.0. The molecule has 0 aliphatic rings. The molecule has 2 N–H and O–H groups in total. The van der Waals surface area contributed by atoms with Gasteiger partial charge in [-0.05, 0) is 31.2 Å². The van der Waals surface area contributed by atoms with E-state index in [1.165, 1.54) is 12.1 Å². The van der Waals surface area contributed by atoms with E-state index in [9.17, 15) is 13.2 Å². The zero-order valence-corrected chi connectivity index (χ0v) is 12.4. The number of benzene rings is 1. The van der Waals surface area contributed by atoms with Gasteiger partial charge in [0, 0.05) is 25.5 Å². The lowest BCUT2D eigenvalue weighted by Crippen LogP contribution is -2.40. The third kappa shape index (κ3) is 4.35. The maximum Gasteiger partial charge on any atom is 0.328 e. The van der Waals surface area contributed by atoms with Crippen molar-refractivity contribution in [3.05, 3.63) is 54.4 Å². The minimum Gasteiger partial charge on any atom is -0.353 e. The fraction of sp³-hybridized carbons (Fsp3) is 0.214. The number of urea groups is 1. The summed E-state index contributed by atoms with van der Waals surface area (Å²) < 4.78 is 27.8. The van der Waals surface area contributed by atoms with E-state index in [4.69, 9.17) is 0 Å². The summed E-state index contributed by atoms with van der Waals surface area (Å²) in [5.41, 5.74) is 0.949. The summed E-state index contributed by atoms with van der Waals surface area (Å²) in [5, 5.41) is 2.51. The van der Waals surface area contributed by atoms with E-state index >= 15 is 0 Å². The van der Waals surface area contributed by atoms with Crippen LogP contribution in [0, 0.1) is 6.92 Å². The van der Waals surface area contributed by atoms with E-state index in [-0.39, 0.29) is 4.90 Å². The first-order valence-electron chi connectivity index (χ1n) is 6.45. The van der Waals surface area contributed by atoms with E-state index in [0.717, 1.165) is 5.56 Å². The molecule has 0 fully saturated rings. The molecule has 1 aromatic heterocycles. The Balaban J connectivity index is 1.87. The molecule has 2 amide bonds. The zero-order valence-electron chi connectivity index (χ0n) is 11.6. The van der Waals surface area contributed by atoms with Gasteiger partial charge < -0.3 is 9.88 Å². The predicted molar refractivity (Wildman–Crippen MR) is 79.3 cm³/mol. The minimum absolute atomic E-state index is 0.0636. The SMILES string of the molecule is Cc1ccc(S(=O)(=O)NC(=O)NCCn2cccc2)cc1. The Kier molecular flexibility index (Phi) is 4.64. The fourth-order valence-electron chi connectivity index (χ4n) is 1.75. The molecule has 0 saturated heterocycles. The van der Waals surface area contributed by atoms with Gasteiger partial charge in [-0.15, -0.1) is 0 Å². The molecular weight excluding hydrogens is 290 g/mol. The van der Waals surface area contributed by atoms with Gasteiger partial charge in [-0.2, -0.15) is 0 Å². The lowest BCUT2D eigenvalue weighted by molar-refractivity contribution is 0.245. The van der Waals surface area contributed by atoms with Crippen LogP contribution in [-0.4, -0.2) is 25.6 Å². The highest BCUT2D eigenvalue weighted by Crippen LogP contribution is 2.09. The molecule has 0 aliphatic heterocycles. The van der Waals surface area contributed by atoms with Crippen LogP contribution in [-0.2, 0) is 16.6 Å². The van der Waals surface area contributed by atoms with E-state index < -0.39 is 16.1 Å². The Morgan fingerprint density at radius 3 is 2.38 bits per heavy atom. The molecule has 21 heavy (non-hydrogen) atoms. The topological polar surface area (TPSA) is 80.2 Å². The van der Waals surface area contributed by atoms with Crippen molar-refractivity contribution in [1.82, 2.24) is 14.6 Å². The van der Waals surface area contributed by atoms with Gasteiger partial charge in [0.25, 0.3) is 10.0 Å². The number of amides is 2. The molecule has 7 heteroatoms. The zero-order chi connectivity index (χ0) is 15.3. The van der Waals surface area contributed by atoms with Gasteiger partial charge in [0.2, 0.25) is 0 Å². The second kappa shape index (κ2) is 6.45. The number of carbonyl (C=O) groups is 1. The lowest BCUT2D eigenvalue weighted by atomic mass is 10.2. The number of carbonyl (C=O) groups excluding carboxylic acids is 1. The highest BCUT2D eigenvalue weighted by Gasteiger charge is 2.16. The van der Waals surface area contributed by atoms with Crippen molar-refractivity contribution in [2.45, 2.75) is 18.4 Å². The first-order valence-corrected chi connectivity index (χ1v) is 7.94. The van der Waals surface area contributed by atoms with Crippen LogP contribution >= 0.6 is 0 Å². The molecule has 2 aromatic rings. The summed E-state index contributed by atoms with van der Waals surface area (Å²) in [4.78, 5) is 11.7. The van der Waals surface area contributed by atoms with Crippen molar-refractivity contribution in [2.24, 2.45) is 0 Å². The molecule has 0 bridgehead atoms. The maximum absolute atomic E-state index is 12.0. The van der Waals surface area contributed by atoms with Crippen LogP contribution in [0.5, 0.6) is 0 Å². The fourth-order valence-corrected chi connectivity index (χ4v) is 2.68. The van der Waals surface area contributed by atoms with Crippen molar-refractivity contribution >= 4 is 16.1 Å². The van der Waals surface area contributed by atoms with Crippen LogP contribution in [0.1, 0.15) is 5.56 Å². The van der Waals surface area contributed by atoms with Crippen LogP contribution in [0.15, 0.2) is 53.7 Å². The smallest absolute Gasteiger partial charge is 0.328 e. The monoisotopic (exact) mass is 307 g/mol. The Hall–Kier alpha value is -2.28. The number of nitrogens with one attached hydrogen (secondary N) is 2. The molecule has 112 valence electrons. The highest BCUT2D eigenvalue weighted by atomic mass is 32.2. The van der Waals surface area contributed by atoms with E-state index in [0.29, 0.717) is 13.1 Å². The number of hydrogen-bond donors (Lipinski definition) is 2. The molecular formula is C14H17N3O3S. The third-order valence-electron chi connectivity index (χ3n) is 2.88. The predicted octanol–water partition coefficient (Wildman–Crippen LogP) is 1.48. The highest BCUT2D eigenvalue weighted by molar-refractivity contribution is 7.90. The number of rotatable bonds is 5. The summed E-state index contributed by atoms with van der Waals surface area (Å²) in [7, 11) is -3.83. The third-order valence-corrected chi connectivity index (χ3v) is 4.23. The van der Waals surface area contributed by atoms with Crippen LogP contribution in [0.3, 0.4) is 0 Å². The molecule has 0 spiro atoms. The molecule has 0 atom stereocenters. The molecule has 1 aromatic carbocycles. The summed E-state index contributed by atoms with van der Waals surface area (Å²) in [6.45, 7) is 2.77. The van der Waals surface area contributed by atoms with Gasteiger partial charge in [0.1, 0.15) is 0 Å².